The molecule has 0 bridgehead atoms. The summed E-state index contributed by atoms with van der Waals surface area (Å²) in [5.74, 6) is 0. The molecule has 0 unspecified atom stereocenters. The molecule has 0 N–H and O–H groups in total. The molecule has 0 spiro atoms. The number of amides is 1. The van der Waals surface area contributed by atoms with Crippen molar-refractivity contribution in [3.63, 3.8) is 0 Å². The van der Waals surface area contributed by atoms with Crippen LogP contribution in [-0.2, 0) is 20.8 Å². The molecule has 1 aromatic carbocycles. The summed E-state index contributed by atoms with van der Waals surface area (Å²) in [6.45, 7) is 0.962. The molecule has 1 aliphatic heterocycles. The SMILES string of the molecule is [2H][C@H]([C@H]1COC(=O)O1)N(Cc1ccccc1)C(=O)OCC. The van der Waals surface area contributed by atoms with Gasteiger partial charge in [0.05, 0.1) is 14.5 Å². The first kappa shape index (κ1) is 12.8. The zero-order chi connectivity index (χ0) is 15.2. The van der Waals surface area contributed by atoms with Crippen LogP contribution in [0, 0.1) is 0 Å². The van der Waals surface area contributed by atoms with Crippen LogP contribution < -0.4 is 0 Å². The van der Waals surface area contributed by atoms with Crippen LogP contribution >= 0.6 is 0 Å². The molecular weight excluding hydrogens is 262 g/mol. The van der Waals surface area contributed by atoms with Crippen LogP contribution in [0.2, 0.25) is 0 Å². The van der Waals surface area contributed by atoms with E-state index in [1.54, 1.807) is 6.92 Å². The first-order valence-corrected chi connectivity index (χ1v) is 6.34. The predicted octanol–water partition coefficient (Wildman–Crippen LogP) is 2.18. The van der Waals surface area contributed by atoms with E-state index < -0.39 is 24.9 Å². The summed E-state index contributed by atoms with van der Waals surface area (Å²) in [4.78, 5) is 24.2. The third-order valence-corrected chi connectivity index (χ3v) is 2.66. The minimum atomic E-state index is -1.09. The van der Waals surface area contributed by atoms with Crippen molar-refractivity contribution in [2.45, 2.75) is 19.6 Å². The quantitative estimate of drug-likeness (QED) is 0.773. The molecule has 108 valence electrons. The molecule has 2 atom stereocenters. The van der Waals surface area contributed by atoms with E-state index >= 15 is 0 Å². The first-order valence-electron chi connectivity index (χ1n) is 6.92. The van der Waals surface area contributed by atoms with E-state index in [1.165, 1.54) is 4.90 Å². The molecule has 1 heterocycles. The molecule has 1 aliphatic rings. The molecule has 6 heteroatoms. The van der Waals surface area contributed by atoms with E-state index in [0.29, 0.717) is 0 Å². The van der Waals surface area contributed by atoms with E-state index in [2.05, 4.69) is 4.74 Å². The average Bonchev–Trinajstić information content (AvgIpc) is 2.92. The monoisotopic (exact) mass is 280 g/mol. The lowest BCUT2D eigenvalue weighted by Gasteiger charge is -2.23. The van der Waals surface area contributed by atoms with Crippen molar-refractivity contribution in [3.8, 4) is 0 Å². The molecule has 6 nitrogen and oxygen atoms in total. The molecule has 0 saturated carbocycles. The highest BCUT2D eigenvalue weighted by atomic mass is 16.8. The van der Waals surface area contributed by atoms with E-state index in [4.69, 9.17) is 10.8 Å². The van der Waals surface area contributed by atoms with Gasteiger partial charge in [0, 0.05) is 6.54 Å². The molecule has 0 aliphatic carbocycles. The van der Waals surface area contributed by atoms with Gasteiger partial charge in [-0.25, -0.2) is 9.59 Å². The fraction of sp³-hybridized carbons (Fsp3) is 0.429. The lowest BCUT2D eigenvalue weighted by molar-refractivity contribution is 0.0747. The van der Waals surface area contributed by atoms with Crippen molar-refractivity contribution in [3.05, 3.63) is 35.9 Å². The zero-order valence-electron chi connectivity index (χ0n) is 12.2. The average molecular weight is 280 g/mol. The Hall–Kier alpha value is -2.24. The van der Waals surface area contributed by atoms with E-state index in [-0.39, 0.29) is 19.8 Å². The Morgan fingerprint density at radius 2 is 2.25 bits per heavy atom. The van der Waals surface area contributed by atoms with Crippen molar-refractivity contribution in [2.24, 2.45) is 0 Å². The fourth-order valence-electron chi connectivity index (χ4n) is 1.78. The van der Waals surface area contributed by atoms with Crippen LogP contribution in [0.3, 0.4) is 0 Å². The van der Waals surface area contributed by atoms with Crippen molar-refractivity contribution in [2.75, 3.05) is 19.7 Å². The molecule has 1 fully saturated rings. The number of cyclic esters (lactones) is 2. The number of ether oxygens (including phenoxy) is 3. The normalized spacial score (nSPS) is 19.6. The molecule has 1 amide bonds. The van der Waals surface area contributed by atoms with Gasteiger partial charge in [0.2, 0.25) is 0 Å². The maximum atomic E-state index is 12.0. The van der Waals surface area contributed by atoms with Crippen molar-refractivity contribution < 1.29 is 25.2 Å². The minimum absolute atomic E-state index is 0.0440. The number of carbonyl (C=O) groups is 2. The molecule has 1 saturated heterocycles. The summed E-state index contributed by atoms with van der Waals surface area (Å²) >= 11 is 0. The lowest BCUT2D eigenvalue weighted by atomic mass is 10.2. The van der Waals surface area contributed by atoms with Crippen molar-refractivity contribution >= 4 is 12.2 Å². The number of benzene rings is 1. The summed E-state index contributed by atoms with van der Waals surface area (Å²) in [7, 11) is 0. The number of carbonyl (C=O) groups excluding carboxylic acids is 2. The summed E-state index contributed by atoms with van der Waals surface area (Å²) in [6.07, 6.45) is -2.25. The van der Waals surface area contributed by atoms with Gasteiger partial charge in [-0.2, -0.15) is 0 Å². The maximum absolute atomic E-state index is 12.0. The second-order valence-corrected chi connectivity index (χ2v) is 4.18. The second-order valence-electron chi connectivity index (χ2n) is 4.18. The van der Waals surface area contributed by atoms with Gasteiger partial charge in [0.25, 0.3) is 0 Å². The second kappa shape index (κ2) is 6.79. The summed E-state index contributed by atoms with van der Waals surface area (Å²) in [5, 5.41) is 0. The van der Waals surface area contributed by atoms with Gasteiger partial charge < -0.3 is 19.1 Å². The smallest absolute Gasteiger partial charge is 0.450 e. The van der Waals surface area contributed by atoms with Gasteiger partial charge in [0.1, 0.15) is 6.61 Å². The van der Waals surface area contributed by atoms with Crippen LogP contribution in [0.1, 0.15) is 13.9 Å². The summed E-state index contributed by atoms with van der Waals surface area (Å²) in [6, 6.07) is 9.24. The van der Waals surface area contributed by atoms with Crippen LogP contribution in [0.5, 0.6) is 0 Å². The number of hydrogen-bond donors (Lipinski definition) is 0. The predicted molar refractivity (Wildman–Crippen MR) is 70.1 cm³/mol. The van der Waals surface area contributed by atoms with Crippen LogP contribution in [0.25, 0.3) is 0 Å². The molecule has 2 rings (SSSR count). The highest BCUT2D eigenvalue weighted by molar-refractivity contribution is 5.68. The Morgan fingerprint density at radius 3 is 2.85 bits per heavy atom. The van der Waals surface area contributed by atoms with E-state index in [0.717, 1.165) is 5.56 Å². The van der Waals surface area contributed by atoms with Crippen LogP contribution in [0.15, 0.2) is 30.3 Å². The summed E-state index contributed by atoms with van der Waals surface area (Å²) in [5.41, 5.74) is 0.855. The first-order chi connectivity index (χ1) is 10.1. The highest BCUT2D eigenvalue weighted by Gasteiger charge is 2.29. The van der Waals surface area contributed by atoms with Crippen molar-refractivity contribution in [1.29, 1.82) is 0 Å². The zero-order valence-corrected chi connectivity index (χ0v) is 11.2. The third kappa shape index (κ3) is 3.88. The molecule has 0 aromatic heterocycles. The van der Waals surface area contributed by atoms with Gasteiger partial charge in [-0.05, 0) is 12.5 Å². The van der Waals surface area contributed by atoms with E-state index in [1.807, 2.05) is 30.3 Å². The number of hydrogen-bond acceptors (Lipinski definition) is 5. The highest BCUT2D eigenvalue weighted by Crippen LogP contribution is 2.12. The standard InChI is InChI=1S/C14H17NO5/c1-2-18-13(16)15(8-11-6-4-3-5-7-11)9-12-10-19-14(17)20-12/h3-7,12H,2,8-10H2,1H3/t12-/m0/s1/i9D/t9-,12+/m1. The molecular formula is C14H17NO5. The van der Waals surface area contributed by atoms with E-state index in [9.17, 15) is 9.59 Å². The lowest BCUT2D eigenvalue weighted by Crippen LogP contribution is -2.38. The third-order valence-electron chi connectivity index (χ3n) is 2.66. The van der Waals surface area contributed by atoms with Gasteiger partial charge in [0.15, 0.2) is 6.10 Å². The molecule has 20 heavy (non-hydrogen) atoms. The number of rotatable bonds is 5. The Bertz CT molecular complexity index is 495. The van der Waals surface area contributed by atoms with Gasteiger partial charge in [-0.3, -0.25) is 0 Å². The Balaban J connectivity index is 2.11. The van der Waals surface area contributed by atoms with Crippen LogP contribution in [-0.4, -0.2) is 43.0 Å². The Morgan fingerprint density at radius 1 is 1.50 bits per heavy atom. The number of nitrogens with zero attached hydrogens (tertiary/aromatic N) is 1. The van der Waals surface area contributed by atoms with Gasteiger partial charge >= 0.3 is 12.2 Å². The molecule has 0 radical (unpaired) electrons. The Labute approximate surface area is 118 Å². The maximum Gasteiger partial charge on any atom is 0.508 e. The van der Waals surface area contributed by atoms with Crippen LogP contribution in [0.4, 0.5) is 9.59 Å². The van der Waals surface area contributed by atoms with Crippen molar-refractivity contribution in [1.82, 2.24) is 4.90 Å². The molecule has 1 aromatic rings. The minimum Gasteiger partial charge on any atom is -0.450 e. The topological polar surface area (TPSA) is 65.1 Å². The fourth-order valence-corrected chi connectivity index (χ4v) is 1.78. The van der Waals surface area contributed by atoms with Gasteiger partial charge in [-0.1, -0.05) is 30.3 Å². The van der Waals surface area contributed by atoms with Gasteiger partial charge in [-0.15, -0.1) is 0 Å². The Kier molecular flexibility index (Phi) is 4.34. The largest absolute Gasteiger partial charge is 0.508 e. The summed E-state index contributed by atoms with van der Waals surface area (Å²) < 4.78 is 22.7.